The third kappa shape index (κ3) is 1480. The Hall–Kier alpha value is 0.350. The van der Waals surface area contributed by atoms with Crippen LogP contribution in [-0.4, -0.2) is 11.4 Å². The number of hydrazine groups is 1. The van der Waals surface area contributed by atoms with Crippen molar-refractivity contribution in [3.8, 4) is 0 Å². The Labute approximate surface area is 69.6 Å². The first-order valence-electron chi connectivity index (χ1n) is 1.24. The Balaban J connectivity index is -0.0000000183. The van der Waals surface area contributed by atoms with Crippen LogP contribution >= 0.6 is 0 Å². The van der Waals surface area contributed by atoms with Gasteiger partial charge in [0.15, 0.2) is 0 Å². The van der Waals surface area contributed by atoms with Gasteiger partial charge in [0, 0.05) is 5.97 Å². The van der Waals surface area contributed by atoms with Crippen LogP contribution in [-0.2, 0) is 4.79 Å². The van der Waals surface area contributed by atoms with Crippen LogP contribution in [0.4, 0.5) is 0 Å². The second-order valence-corrected chi connectivity index (χ2v) is 0.492. The third-order valence-electron chi connectivity index (χ3n) is 0. The van der Waals surface area contributed by atoms with Crippen LogP contribution in [0.3, 0.4) is 0 Å². The molecule has 0 saturated carbocycles. The van der Waals surface area contributed by atoms with E-state index in [0.717, 1.165) is 6.92 Å². The first kappa shape index (κ1) is 23.8. The van der Waals surface area contributed by atoms with E-state index >= 15 is 0 Å². The van der Waals surface area contributed by atoms with Crippen molar-refractivity contribution in [3.63, 3.8) is 0 Å². The maximum absolute atomic E-state index is 8.89. The summed E-state index contributed by atoms with van der Waals surface area (Å²) >= 11 is 0. The van der Waals surface area contributed by atoms with Gasteiger partial charge in [-0.3, -0.25) is 11.7 Å². The van der Waals surface area contributed by atoms with Crippen LogP contribution in [0.1, 0.15) is 6.92 Å². The normalized spacial score (nSPS) is 3.88. The zero-order valence-corrected chi connectivity index (χ0v) is 6.97. The number of carbonyl (C=O) groups is 1. The Kier molecular flexibility index (Phi) is 78.7. The summed E-state index contributed by atoms with van der Waals surface area (Å²) in [5.41, 5.74) is 0. The minimum absolute atomic E-state index is 0. The molecule has 0 aromatic rings. The van der Waals surface area contributed by atoms with E-state index < -0.39 is 5.97 Å². The monoisotopic (exact) mass is 132 g/mol. The first-order chi connectivity index (χ1) is 2.73. The molecule has 0 fully saturated rings. The van der Waals surface area contributed by atoms with Crippen molar-refractivity contribution < 1.29 is 44.9 Å². The molecule has 0 spiro atoms. The van der Waals surface area contributed by atoms with Gasteiger partial charge >= 0.3 is 29.6 Å². The number of hydrogen-bond donors (Lipinski definition) is 2. The Morgan fingerprint density at radius 3 is 1.50 bits per heavy atom. The van der Waals surface area contributed by atoms with Crippen LogP contribution in [0.15, 0.2) is 0 Å². The summed E-state index contributed by atoms with van der Waals surface area (Å²) in [5.74, 6) is 6.92. The van der Waals surface area contributed by atoms with Gasteiger partial charge < -0.3 is 15.4 Å². The minimum Gasteiger partial charge on any atom is -0.550 e. The summed E-state index contributed by atoms with van der Waals surface area (Å²) in [4.78, 5) is 8.89. The second-order valence-electron chi connectivity index (χ2n) is 0.492. The predicted octanol–water partition coefficient (Wildman–Crippen LogP) is -6.25. The number of nitrogens with two attached hydrogens (primary N) is 2. The SMILES string of the molecule is CC(=O)[O-].NN.O.[Na+]. The summed E-state index contributed by atoms with van der Waals surface area (Å²) in [5, 5.41) is 8.89. The molecule has 0 aliphatic rings. The largest absolute Gasteiger partial charge is 1.00 e. The molecule has 0 rings (SSSR count). The van der Waals surface area contributed by atoms with E-state index in [4.69, 9.17) is 9.90 Å². The van der Waals surface area contributed by atoms with E-state index in [1.165, 1.54) is 0 Å². The second kappa shape index (κ2) is 26.4. The zero-order chi connectivity index (χ0) is 5.58. The summed E-state index contributed by atoms with van der Waals surface area (Å²) in [7, 11) is 0. The van der Waals surface area contributed by atoms with Crippen molar-refractivity contribution in [2.75, 3.05) is 0 Å². The van der Waals surface area contributed by atoms with E-state index in [9.17, 15) is 0 Å². The molecule has 6 N–H and O–H groups in total. The molecule has 0 aromatic carbocycles. The zero-order valence-electron chi connectivity index (χ0n) is 4.97. The Morgan fingerprint density at radius 1 is 1.50 bits per heavy atom. The molecule has 6 heteroatoms. The van der Waals surface area contributed by atoms with Gasteiger partial charge in [-0.25, -0.2) is 0 Å². The predicted molar refractivity (Wildman–Crippen MR) is 22.7 cm³/mol. The van der Waals surface area contributed by atoms with Crippen LogP contribution in [0.25, 0.3) is 0 Å². The fourth-order valence-electron chi connectivity index (χ4n) is 0. The standard InChI is InChI=1S/C2H4O2.H4N2.Na.H2O/c1-2(3)4;1-2;;/h1H3,(H,3,4);1-2H2;;1H2/q;;+1;/p-1. The molecule has 0 aromatic heterocycles. The quantitative estimate of drug-likeness (QED) is 0.193. The molecule has 0 unspecified atom stereocenters. The van der Waals surface area contributed by atoms with E-state index in [0.29, 0.717) is 0 Å². The van der Waals surface area contributed by atoms with Crippen molar-refractivity contribution in [1.29, 1.82) is 0 Å². The van der Waals surface area contributed by atoms with Gasteiger partial charge in [-0.2, -0.15) is 0 Å². The van der Waals surface area contributed by atoms with Gasteiger partial charge in [0.05, 0.1) is 0 Å². The molecule has 0 aliphatic carbocycles. The maximum atomic E-state index is 8.89. The molecule has 5 nitrogen and oxygen atoms in total. The number of carboxylic acids is 1. The van der Waals surface area contributed by atoms with Crippen molar-refractivity contribution in [2.45, 2.75) is 6.92 Å². The van der Waals surface area contributed by atoms with Gasteiger partial charge in [-0.1, -0.05) is 0 Å². The van der Waals surface area contributed by atoms with Gasteiger partial charge in [0.1, 0.15) is 0 Å². The van der Waals surface area contributed by atoms with E-state index in [2.05, 4.69) is 11.7 Å². The molecular formula is C2H9N2NaO3. The summed E-state index contributed by atoms with van der Waals surface area (Å²) < 4.78 is 0. The molecule has 0 bridgehead atoms. The number of rotatable bonds is 0. The number of hydrogen-bond acceptors (Lipinski definition) is 4. The third-order valence-corrected chi connectivity index (χ3v) is 0. The number of aliphatic carboxylic acids is 1. The van der Waals surface area contributed by atoms with Crippen molar-refractivity contribution in [1.82, 2.24) is 0 Å². The summed E-state index contributed by atoms with van der Waals surface area (Å²) in [6.07, 6.45) is 0. The van der Waals surface area contributed by atoms with Crippen molar-refractivity contribution in [3.05, 3.63) is 0 Å². The Bertz CT molecular complexity index is 38.3. The van der Waals surface area contributed by atoms with Crippen LogP contribution in [0.2, 0.25) is 0 Å². The Morgan fingerprint density at radius 2 is 1.50 bits per heavy atom. The maximum Gasteiger partial charge on any atom is 1.00 e. The molecule has 0 heterocycles. The van der Waals surface area contributed by atoms with E-state index in [1.54, 1.807) is 0 Å². The molecule has 8 heavy (non-hydrogen) atoms. The van der Waals surface area contributed by atoms with Crippen molar-refractivity contribution in [2.24, 2.45) is 11.7 Å². The molecule has 0 saturated heterocycles. The molecule has 46 valence electrons. The van der Waals surface area contributed by atoms with Gasteiger partial charge in [0.25, 0.3) is 0 Å². The number of carboxylic acid groups (broad SMARTS) is 1. The molecular weight excluding hydrogens is 123 g/mol. The van der Waals surface area contributed by atoms with E-state index in [1.807, 2.05) is 0 Å². The van der Waals surface area contributed by atoms with Crippen LogP contribution < -0.4 is 46.3 Å². The van der Waals surface area contributed by atoms with Gasteiger partial charge in [-0.15, -0.1) is 0 Å². The molecule has 0 radical (unpaired) electrons. The average Bonchev–Trinajstić information content (AvgIpc) is 1.41. The van der Waals surface area contributed by atoms with Gasteiger partial charge in [0.2, 0.25) is 0 Å². The van der Waals surface area contributed by atoms with Crippen LogP contribution in [0.5, 0.6) is 0 Å². The number of carbonyl (C=O) groups excluding carboxylic acids is 1. The van der Waals surface area contributed by atoms with Gasteiger partial charge in [-0.05, 0) is 6.92 Å². The first-order valence-corrected chi connectivity index (χ1v) is 1.24. The molecule has 0 amide bonds. The fourth-order valence-corrected chi connectivity index (χ4v) is 0. The summed E-state index contributed by atoms with van der Waals surface area (Å²) in [6.45, 7) is 0.972. The minimum atomic E-state index is -1.08. The molecule has 0 aliphatic heterocycles. The van der Waals surface area contributed by atoms with E-state index in [-0.39, 0.29) is 35.0 Å². The summed E-state index contributed by atoms with van der Waals surface area (Å²) in [6, 6.07) is 0. The smallest absolute Gasteiger partial charge is 0.550 e. The topological polar surface area (TPSA) is 124 Å². The fraction of sp³-hybridized carbons (Fsp3) is 0.500. The van der Waals surface area contributed by atoms with Crippen molar-refractivity contribution >= 4 is 5.97 Å². The van der Waals surface area contributed by atoms with Crippen LogP contribution in [0, 0.1) is 0 Å². The average molecular weight is 132 g/mol. The molecule has 0 atom stereocenters.